The van der Waals surface area contributed by atoms with Crippen LogP contribution in [0.25, 0.3) is 0 Å². The van der Waals surface area contributed by atoms with Crippen molar-refractivity contribution in [3.8, 4) is 0 Å². The van der Waals surface area contributed by atoms with Crippen LogP contribution in [-0.4, -0.2) is 24.2 Å². The minimum absolute atomic E-state index is 0.341. The van der Waals surface area contributed by atoms with Crippen LogP contribution in [0, 0.1) is 0 Å². The lowest BCUT2D eigenvalue weighted by atomic mass is 10.1. The average Bonchev–Trinajstić information content (AvgIpc) is 2.29. The summed E-state index contributed by atoms with van der Waals surface area (Å²) < 4.78 is 0. The van der Waals surface area contributed by atoms with Gasteiger partial charge in [-0.1, -0.05) is 59.3 Å². The molecular weight excluding hydrogens is 214 g/mol. The van der Waals surface area contributed by atoms with Crippen molar-refractivity contribution in [2.75, 3.05) is 13.1 Å². The van der Waals surface area contributed by atoms with Gasteiger partial charge in [-0.2, -0.15) is 0 Å². The maximum Gasteiger partial charge on any atom is 0.303 e. The second-order valence-electron chi connectivity index (χ2n) is 4.22. The summed E-state index contributed by atoms with van der Waals surface area (Å²) in [6.07, 6.45) is 8.64. The highest BCUT2D eigenvalue weighted by Gasteiger charge is 1.95. The van der Waals surface area contributed by atoms with Crippen molar-refractivity contribution in [1.82, 2.24) is 5.32 Å². The molecule has 0 aliphatic rings. The summed E-state index contributed by atoms with van der Waals surface area (Å²) in [5, 5.41) is 11.5. The molecule has 104 valence electrons. The Labute approximate surface area is 107 Å². The van der Waals surface area contributed by atoms with Gasteiger partial charge in [0, 0.05) is 6.42 Å². The lowest BCUT2D eigenvalue weighted by molar-refractivity contribution is -0.137. The molecule has 0 unspecified atom stereocenters. The van der Waals surface area contributed by atoms with E-state index in [2.05, 4.69) is 26.1 Å². The SMILES string of the molecule is CCCCCCCCCC(=O)O.CCNCC. The number of nitrogens with one attached hydrogen (secondary N) is 1. The predicted octanol–water partition coefficient (Wildman–Crippen LogP) is 3.83. The summed E-state index contributed by atoms with van der Waals surface area (Å²) in [6.45, 7) is 8.59. The lowest BCUT2D eigenvalue weighted by Gasteiger charge is -1.98. The smallest absolute Gasteiger partial charge is 0.303 e. The van der Waals surface area contributed by atoms with Crippen LogP contribution in [0.5, 0.6) is 0 Å². The maximum absolute atomic E-state index is 10.1. The topological polar surface area (TPSA) is 49.3 Å². The third-order valence-corrected chi connectivity index (χ3v) is 2.49. The van der Waals surface area contributed by atoms with Crippen molar-refractivity contribution in [2.24, 2.45) is 0 Å². The van der Waals surface area contributed by atoms with Crippen LogP contribution in [0.4, 0.5) is 0 Å². The van der Waals surface area contributed by atoms with E-state index >= 15 is 0 Å². The fourth-order valence-electron chi connectivity index (χ4n) is 1.48. The Bertz CT molecular complexity index is 147. The molecule has 0 saturated heterocycles. The van der Waals surface area contributed by atoms with Gasteiger partial charge in [0.15, 0.2) is 0 Å². The number of rotatable bonds is 10. The minimum atomic E-state index is -0.663. The van der Waals surface area contributed by atoms with Gasteiger partial charge < -0.3 is 10.4 Å². The molecule has 3 heteroatoms. The van der Waals surface area contributed by atoms with Crippen molar-refractivity contribution in [1.29, 1.82) is 0 Å². The second-order valence-corrected chi connectivity index (χ2v) is 4.22. The van der Waals surface area contributed by atoms with Gasteiger partial charge in [0.25, 0.3) is 0 Å². The van der Waals surface area contributed by atoms with Crippen LogP contribution in [-0.2, 0) is 4.79 Å². The van der Waals surface area contributed by atoms with Gasteiger partial charge in [-0.05, 0) is 19.5 Å². The Balaban J connectivity index is 0. The quantitative estimate of drug-likeness (QED) is 0.575. The standard InChI is InChI=1S/C10H20O2.C4H11N/c1-2-3-4-5-6-7-8-9-10(11)12;1-3-5-4-2/h2-9H2,1H3,(H,11,12);5H,3-4H2,1-2H3. The van der Waals surface area contributed by atoms with Gasteiger partial charge in [0.05, 0.1) is 0 Å². The van der Waals surface area contributed by atoms with E-state index in [-0.39, 0.29) is 0 Å². The van der Waals surface area contributed by atoms with Crippen LogP contribution in [0.1, 0.15) is 72.1 Å². The summed E-state index contributed by atoms with van der Waals surface area (Å²) in [5.41, 5.74) is 0. The van der Waals surface area contributed by atoms with E-state index in [1.54, 1.807) is 0 Å². The number of aliphatic carboxylic acids is 1. The summed E-state index contributed by atoms with van der Waals surface area (Å²) in [7, 11) is 0. The number of carboxylic acids is 1. The monoisotopic (exact) mass is 245 g/mol. The first-order valence-electron chi connectivity index (χ1n) is 7.11. The molecule has 0 fully saturated rings. The number of hydrogen-bond acceptors (Lipinski definition) is 2. The van der Waals surface area contributed by atoms with Crippen molar-refractivity contribution in [2.45, 2.75) is 72.1 Å². The molecule has 0 saturated carbocycles. The van der Waals surface area contributed by atoms with Gasteiger partial charge >= 0.3 is 5.97 Å². The molecule has 0 radical (unpaired) electrons. The van der Waals surface area contributed by atoms with Crippen molar-refractivity contribution < 1.29 is 9.90 Å². The normalized spacial score (nSPS) is 9.59. The molecule has 0 aromatic carbocycles. The highest BCUT2D eigenvalue weighted by atomic mass is 16.4. The summed E-state index contributed by atoms with van der Waals surface area (Å²) in [6, 6.07) is 0. The highest BCUT2D eigenvalue weighted by molar-refractivity contribution is 5.66. The van der Waals surface area contributed by atoms with E-state index in [0.717, 1.165) is 25.9 Å². The number of unbranched alkanes of at least 4 members (excludes halogenated alkanes) is 6. The molecular formula is C14H31NO2. The molecule has 0 rings (SSSR count). The maximum atomic E-state index is 10.1. The van der Waals surface area contributed by atoms with E-state index < -0.39 is 5.97 Å². The van der Waals surface area contributed by atoms with Gasteiger partial charge in [0.2, 0.25) is 0 Å². The van der Waals surface area contributed by atoms with Gasteiger partial charge in [0.1, 0.15) is 0 Å². The molecule has 17 heavy (non-hydrogen) atoms. The third kappa shape index (κ3) is 25.6. The molecule has 0 aromatic rings. The number of carboxylic acid groups (broad SMARTS) is 1. The van der Waals surface area contributed by atoms with Crippen LogP contribution in [0.3, 0.4) is 0 Å². The average molecular weight is 245 g/mol. The first-order valence-corrected chi connectivity index (χ1v) is 7.11. The van der Waals surface area contributed by atoms with E-state index in [4.69, 9.17) is 5.11 Å². The van der Waals surface area contributed by atoms with Crippen LogP contribution >= 0.6 is 0 Å². The fraction of sp³-hybridized carbons (Fsp3) is 0.929. The molecule has 0 heterocycles. The largest absolute Gasteiger partial charge is 0.481 e. The molecule has 0 aliphatic carbocycles. The van der Waals surface area contributed by atoms with Gasteiger partial charge in [-0.25, -0.2) is 0 Å². The Hall–Kier alpha value is -0.570. The van der Waals surface area contributed by atoms with E-state index in [1.165, 1.54) is 32.1 Å². The molecule has 0 atom stereocenters. The highest BCUT2D eigenvalue weighted by Crippen LogP contribution is 2.07. The van der Waals surface area contributed by atoms with Crippen molar-refractivity contribution >= 4 is 5.97 Å². The fourth-order valence-corrected chi connectivity index (χ4v) is 1.48. The van der Waals surface area contributed by atoms with E-state index in [0.29, 0.717) is 6.42 Å². The van der Waals surface area contributed by atoms with E-state index in [1.807, 2.05) is 0 Å². The Morgan fingerprint density at radius 1 is 0.882 bits per heavy atom. The zero-order valence-electron chi connectivity index (χ0n) is 11.9. The molecule has 0 aromatic heterocycles. The van der Waals surface area contributed by atoms with Gasteiger partial charge in [-0.3, -0.25) is 4.79 Å². The van der Waals surface area contributed by atoms with E-state index in [9.17, 15) is 4.79 Å². The van der Waals surface area contributed by atoms with Crippen LogP contribution < -0.4 is 5.32 Å². The summed E-state index contributed by atoms with van der Waals surface area (Å²) in [5.74, 6) is -0.663. The zero-order chi connectivity index (χ0) is 13.4. The van der Waals surface area contributed by atoms with Gasteiger partial charge in [-0.15, -0.1) is 0 Å². The molecule has 0 spiro atoms. The first-order chi connectivity index (χ1) is 8.18. The predicted molar refractivity (Wildman–Crippen MR) is 74.5 cm³/mol. The molecule has 0 aliphatic heterocycles. The molecule has 2 N–H and O–H groups in total. The van der Waals surface area contributed by atoms with Crippen molar-refractivity contribution in [3.05, 3.63) is 0 Å². The second kappa shape index (κ2) is 17.8. The first kappa shape index (κ1) is 18.8. The van der Waals surface area contributed by atoms with Crippen LogP contribution in [0.2, 0.25) is 0 Å². The number of carbonyl (C=O) groups is 1. The molecule has 0 amide bonds. The number of hydrogen-bond donors (Lipinski definition) is 2. The Morgan fingerprint density at radius 2 is 1.35 bits per heavy atom. The third-order valence-electron chi connectivity index (χ3n) is 2.49. The van der Waals surface area contributed by atoms with Crippen LogP contribution in [0.15, 0.2) is 0 Å². The summed E-state index contributed by atoms with van der Waals surface area (Å²) in [4.78, 5) is 10.1. The van der Waals surface area contributed by atoms with Crippen molar-refractivity contribution in [3.63, 3.8) is 0 Å². The minimum Gasteiger partial charge on any atom is -0.481 e. The molecule has 0 bridgehead atoms. The molecule has 3 nitrogen and oxygen atoms in total. The Kier molecular flexibility index (Phi) is 19.7. The Morgan fingerprint density at radius 3 is 1.71 bits per heavy atom. The summed E-state index contributed by atoms with van der Waals surface area (Å²) >= 11 is 0. The lowest BCUT2D eigenvalue weighted by Crippen LogP contribution is -2.09. The zero-order valence-corrected chi connectivity index (χ0v) is 11.9.